The molecule has 17 heavy (non-hydrogen) atoms. The van der Waals surface area contributed by atoms with Gasteiger partial charge in [0.2, 0.25) is 0 Å². The number of rotatable bonds is 3. The Morgan fingerprint density at radius 1 is 1.53 bits per heavy atom. The summed E-state index contributed by atoms with van der Waals surface area (Å²) in [5.41, 5.74) is 0.195. The maximum Gasteiger partial charge on any atom is 0.170 e. The molecule has 0 bridgehead atoms. The minimum absolute atomic E-state index is 0.132. The van der Waals surface area contributed by atoms with Crippen LogP contribution in [-0.4, -0.2) is 23.0 Å². The van der Waals surface area contributed by atoms with E-state index < -0.39 is 5.60 Å². The van der Waals surface area contributed by atoms with Crippen molar-refractivity contribution >= 4 is 21.7 Å². The van der Waals surface area contributed by atoms with Crippen LogP contribution in [0.3, 0.4) is 0 Å². The minimum Gasteiger partial charge on any atom is -0.367 e. The first-order chi connectivity index (χ1) is 8.10. The number of carbonyl (C=O) groups is 1. The second-order valence-corrected chi connectivity index (χ2v) is 5.52. The number of hydrogen-bond donors (Lipinski definition) is 0. The molecule has 0 spiro atoms. The van der Waals surface area contributed by atoms with Crippen molar-refractivity contribution in [2.75, 3.05) is 6.61 Å². The Morgan fingerprint density at radius 3 is 2.94 bits per heavy atom. The fourth-order valence-electron chi connectivity index (χ4n) is 2.02. The Balaban J connectivity index is 2.03. The van der Waals surface area contributed by atoms with E-state index in [0.717, 1.165) is 29.4 Å². The van der Waals surface area contributed by atoms with Gasteiger partial charge in [-0.1, -0.05) is 0 Å². The first kappa shape index (κ1) is 12.7. The van der Waals surface area contributed by atoms with Gasteiger partial charge in [0.25, 0.3) is 0 Å². The standard InChI is InChI=1S/C13H16BrNO2/c1-13(6-2-3-7-17-13)12(16)8-11-5-4-10(14)9-15-11/h4-5,9H,2-3,6-8H2,1H3. The fraction of sp³-hybridized carbons (Fsp3) is 0.538. The lowest BCUT2D eigenvalue weighted by molar-refractivity contribution is -0.147. The topological polar surface area (TPSA) is 39.2 Å². The van der Waals surface area contributed by atoms with Crippen molar-refractivity contribution in [2.45, 2.75) is 38.2 Å². The molecule has 0 aromatic carbocycles. The molecule has 92 valence electrons. The Morgan fingerprint density at radius 2 is 2.35 bits per heavy atom. The normalized spacial score (nSPS) is 24.6. The largest absolute Gasteiger partial charge is 0.367 e. The van der Waals surface area contributed by atoms with Gasteiger partial charge in [-0.05, 0) is 54.2 Å². The number of pyridine rings is 1. The van der Waals surface area contributed by atoms with Crippen LogP contribution in [0.15, 0.2) is 22.8 Å². The lowest BCUT2D eigenvalue weighted by atomic mass is 9.89. The predicted octanol–water partition coefficient (Wildman–Crippen LogP) is 2.91. The van der Waals surface area contributed by atoms with Gasteiger partial charge < -0.3 is 4.74 Å². The smallest absolute Gasteiger partial charge is 0.170 e. The summed E-state index contributed by atoms with van der Waals surface area (Å²) in [6, 6.07) is 3.77. The molecule has 0 aliphatic carbocycles. The fourth-order valence-corrected chi connectivity index (χ4v) is 2.25. The highest BCUT2D eigenvalue weighted by molar-refractivity contribution is 9.10. The predicted molar refractivity (Wildman–Crippen MR) is 68.9 cm³/mol. The molecule has 4 heteroatoms. The third kappa shape index (κ3) is 3.13. The summed E-state index contributed by atoms with van der Waals surface area (Å²) < 4.78 is 6.56. The summed E-state index contributed by atoms with van der Waals surface area (Å²) in [4.78, 5) is 16.4. The van der Waals surface area contributed by atoms with Crippen molar-refractivity contribution in [1.82, 2.24) is 4.98 Å². The van der Waals surface area contributed by atoms with Crippen LogP contribution in [0.2, 0.25) is 0 Å². The van der Waals surface area contributed by atoms with Gasteiger partial charge in [-0.2, -0.15) is 0 Å². The van der Waals surface area contributed by atoms with Gasteiger partial charge >= 0.3 is 0 Å². The zero-order valence-electron chi connectivity index (χ0n) is 9.91. The molecule has 1 saturated heterocycles. The van der Waals surface area contributed by atoms with Gasteiger partial charge in [0.1, 0.15) is 5.60 Å². The van der Waals surface area contributed by atoms with Gasteiger partial charge in [-0.3, -0.25) is 9.78 Å². The van der Waals surface area contributed by atoms with Crippen LogP contribution in [0, 0.1) is 0 Å². The number of nitrogens with zero attached hydrogens (tertiary/aromatic N) is 1. The number of ether oxygens (including phenoxy) is 1. The molecule has 0 amide bonds. The van der Waals surface area contributed by atoms with E-state index in [1.165, 1.54) is 0 Å². The molecule has 1 aromatic heterocycles. The highest BCUT2D eigenvalue weighted by Crippen LogP contribution is 2.26. The van der Waals surface area contributed by atoms with Crippen LogP contribution >= 0.6 is 15.9 Å². The van der Waals surface area contributed by atoms with Crippen LogP contribution in [0.25, 0.3) is 0 Å². The number of halogens is 1. The summed E-state index contributed by atoms with van der Waals surface area (Å²) in [6.07, 6.45) is 5.01. The molecule has 0 saturated carbocycles. The van der Waals surface area contributed by atoms with Crippen LogP contribution in [0.1, 0.15) is 31.9 Å². The summed E-state index contributed by atoms with van der Waals surface area (Å²) in [7, 11) is 0. The molecule has 2 heterocycles. The van der Waals surface area contributed by atoms with Gasteiger partial charge in [-0.25, -0.2) is 0 Å². The van der Waals surface area contributed by atoms with E-state index in [4.69, 9.17) is 4.74 Å². The van der Waals surface area contributed by atoms with E-state index in [9.17, 15) is 4.79 Å². The molecule has 0 radical (unpaired) electrons. The van der Waals surface area contributed by atoms with E-state index in [2.05, 4.69) is 20.9 Å². The van der Waals surface area contributed by atoms with E-state index in [1.54, 1.807) is 6.20 Å². The maximum absolute atomic E-state index is 12.2. The second kappa shape index (κ2) is 5.27. The third-order valence-electron chi connectivity index (χ3n) is 3.19. The van der Waals surface area contributed by atoms with Crippen molar-refractivity contribution < 1.29 is 9.53 Å². The third-order valence-corrected chi connectivity index (χ3v) is 3.66. The van der Waals surface area contributed by atoms with Crippen molar-refractivity contribution in [3.63, 3.8) is 0 Å². The highest BCUT2D eigenvalue weighted by Gasteiger charge is 2.35. The molecular weight excluding hydrogens is 282 g/mol. The molecular formula is C13H16BrNO2. The summed E-state index contributed by atoms with van der Waals surface area (Å²) in [5, 5.41) is 0. The van der Waals surface area contributed by atoms with E-state index >= 15 is 0 Å². The van der Waals surface area contributed by atoms with Crippen LogP contribution in [0.5, 0.6) is 0 Å². The van der Waals surface area contributed by atoms with Gasteiger partial charge in [-0.15, -0.1) is 0 Å². The van der Waals surface area contributed by atoms with E-state index in [-0.39, 0.29) is 5.78 Å². The monoisotopic (exact) mass is 297 g/mol. The van der Waals surface area contributed by atoms with E-state index in [1.807, 2.05) is 19.1 Å². The lowest BCUT2D eigenvalue weighted by Gasteiger charge is -2.32. The molecule has 1 fully saturated rings. The molecule has 3 nitrogen and oxygen atoms in total. The maximum atomic E-state index is 12.2. The first-order valence-electron chi connectivity index (χ1n) is 5.88. The van der Waals surface area contributed by atoms with Crippen molar-refractivity contribution in [3.8, 4) is 0 Å². The number of hydrogen-bond acceptors (Lipinski definition) is 3. The van der Waals surface area contributed by atoms with Crippen LogP contribution in [-0.2, 0) is 16.0 Å². The van der Waals surface area contributed by atoms with Crippen molar-refractivity contribution in [2.24, 2.45) is 0 Å². The number of carbonyl (C=O) groups excluding carboxylic acids is 1. The van der Waals surface area contributed by atoms with Crippen molar-refractivity contribution in [3.05, 3.63) is 28.5 Å². The van der Waals surface area contributed by atoms with Gasteiger partial charge in [0.05, 0.1) is 6.42 Å². The van der Waals surface area contributed by atoms with Gasteiger partial charge in [0, 0.05) is 23.0 Å². The molecule has 1 aromatic rings. The lowest BCUT2D eigenvalue weighted by Crippen LogP contribution is -2.42. The Hall–Kier alpha value is -0.740. The minimum atomic E-state index is -0.604. The van der Waals surface area contributed by atoms with Crippen LogP contribution in [0.4, 0.5) is 0 Å². The Bertz CT molecular complexity index is 396. The molecule has 1 aliphatic heterocycles. The molecule has 1 unspecified atom stereocenters. The Labute approximate surface area is 110 Å². The molecule has 2 rings (SSSR count). The summed E-state index contributed by atoms with van der Waals surface area (Å²) >= 11 is 3.33. The highest BCUT2D eigenvalue weighted by atomic mass is 79.9. The average Bonchev–Trinajstić information content (AvgIpc) is 2.33. The summed E-state index contributed by atoms with van der Waals surface area (Å²) in [6.45, 7) is 2.59. The number of Topliss-reactive ketones (excluding diaryl/α,β-unsaturated/α-hetero) is 1. The average molecular weight is 298 g/mol. The molecule has 1 aliphatic rings. The Kier molecular flexibility index (Phi) is 3.94. The molecule has 1 atom stereocenters. The quantitative estimate of drug-likeness (QED) is 0.861. The second-order valence-electron chi connectivity index (χ2n) is 4.60. The summed E-state index contributed by atoms with van der Waals surface area (Å²) in [5.74, 6) is 0.132. The van der Waals surface area contributed by atoms with Gasteiger partial charge in [0.15, 0.2) is 5.78 Å². The van der Waals surface area contributed by atoms with Crippen LogP contribution < -0.4 is 0 Å². The molecule has 0 N–H and O–H groups in total. The SMILES string of the molecule is CC1(C(=O)Cc2ccc(Br)cn2)CCCCO1. The zero-order chi connectivity index (χ0) is 12.3. The van der Waals surface area contributed by atoms with E-state index in [0.29, 0.717) is 13.0 Å². The number of aromatic nitrogens is 1. The van der Waals surface area contributed by atoms with Crippen molar-refractivity contribution in [1.29, 1.82) is 0 Å². The number of ketones is 1. The first-order valence-corrected chi connectivity index (χ1v) is 6.67. The zero-order valence-corrected chi connectivity index (χ0v) is 11.5.